The van der Waals surface area contributed by atoms with Crippen molar-refractivity contribution in [3.63, 3.8) is 0 Å². The highest BCUT2D eigenvalue weighted by atomic mass is 35.5. The number of imide groups is 1. The zero-order chi connectivity index (χ0) is 39.0. The molecule has 4 N–H and O–H groups in total. The number of aliphatic hydroxyl groups is 1. The number of aryl methyl sites for hydroxylation is 2. The minimum atomic E-state index is -1.33. The number of aliphatic imine (C=N–C) groups is 1. The number of nitrogens with zero attached hydrogens (tertiary/aromatic N) is 5. The Bertz CT molecular complexity index is 2230. The van der Waals surface area contributed by atoms with Crippen molar-refractivity contribution in [3.8, 4) is 5.00 Å². The van der Waals surface area contributed by atoms with Gasteiger partial charge in [-0.2, -0.15) is 0 Å². The van der Waals surface area contributed by atoms with Gasteiger partial charge in [0.15, 0.2) is 12.1 Å². The third kappa shape index (κ3) is 7.56. The van der Waals surface area contributed by atoms with Crippen molar-refractivity contribution in [1.29, 1.82) is 0 Å². The Kier molecular flexibility index (Phi) is 11.0. The molecule has 14 nitrogen and oxygen atoms in total. The van der Waals surface area contributed by atoms with E-state index in [-0.39, 0.29) is 49.6 Å². The molecular formula is C39H41ClN8O6S. The van der Waals surface area contributed by atoms with Crippen molar-refractivity contribution in [2.24, 2.45) is 4.99 Å². The molecule has 2 aromatic heterocycles. The third-order valence-corrected chi connectivity index (χ3v) is 11.8. The highest BCUT2D eigenvalue weighted by Gasteiger charge is 2.45. The molecule has 0 bridgehead atoms. The summed E-state index contributed by atoms with van der Waals surface area (Å²) in [5, 5.41) is 29.4. The first-order chi connectivity index (χ1) is 26.4. The number of piperidine rings is 1. The quantitative estimate of drug-likeness (QED) is 0.120. The minimum Gasteiger partial charge on any atom is -0.369 e. The van der Waals surface area contributed by atoms with Gasteiger partial charge in [-0.25, -0.2) is 0 Å². The maximum absolute atomic E-state index is 13.4. The lowest BCUT2D eigenvalue weighted by molar-refractivity contribution is -0.139. The number of benzene rings is 2. The Labute approximate surface area is 326 Å². The van der Waals surface area contributed by atoms with Crippen LogP contribution in [-0.2, 0) is 25.7 Å². The first-order valence-electron chi connectivity index (χ1n) is 18.3. The summed E-state index contributed by atoms with van der Waals surface area (Å²) in [6.07, 6.45) is 1.16. The van der Waals surface area contributed by atoms with Crippen LogP contribution in [-0.4, -0.2) is 72.6 Å². The van der Waals surface area contributed by atoms with Gasteiger partial charge < -0.3 is 15.7 Å². The highest BCUT2D eigenvalue weighted by Crippen LogP contribution is 2.40. The molecule has 2 aromatic carbocycles. The van der Waals surface area contributed by atoms with E-state index in [9.17, 15) is 29.1 Å². The number of unbranched alkanes of at least 4 members (excludes halogenated alkanes) is 2. The van der Waals surface area contributed by atoms with Gasteiger partial charge in [0, 0.05) is 52.5 Å². The van der Waals surface area contributed by atoms with Gasteiger partial charge in [-0.1, -0.05) is 48.4 Å². The number of aliphatic hydroxyl groups excluding tert-OH is 1. The Morgan fingerprint density at radius 2 is 1.76 bits per heavy atom. The molecule has 3 aliphatic rings. The number of nitrogens with one attached hydrogen (secondary N) is 3. The van der Waals surface area contributed by atoms with Crippen molar-refractivity contribution in [2.45, 2.75) is 90.6 Å². The van der Waals surface area contributed by atoms with E-state index in [2.05, 4.69) is 40.0 Å². The standard InChI is InChI=1S/C39H41ClN8O6S/c1-20-21(2)55-39-32(20)34(23-11-13-25(40)14-12-23)43-27(35-46-45-22(3)47(35)39)18-31(51)41-17-6-4-5-10-29(49)42-19-24-8-7-9-26-33(24)38(54)48(37(26)53)28-15-16-30(50)44-36(28)52/h7-9,11-14,27-28,37,53H,4-6,10,15-19H2,1-3H3,(H,41,51)(H,42,49)(H,44,50,52)/t27-,28?,37?/m0/s1. The van der Waals surface area contributed by atoms with Gasteiger partial charge in [0.05, 0.1) is 17.7 Å². The average molecular weight is 785 g/mol. The van der Waals surface area contributed by atoms with Crippen LogP contribution in [0.2, 0.25) is 5.02 Å². The van der Waals surface area contributed by atoms with Crippen LogP contribution >= 0.6 is 22.9 Å². The molecule has 3 aliphatic heterocycles. The number of aromatic nitrogens is 3. The number of halogens is 1. The predicted molar refractivity (Wildman–Crippen MR) is 205 cm³/mol. The lowest BCUT2D eigenvalue weighted by atomic mass is 9.99. The van der Waals surface area contributed by atoms with E-state index in [0.717, 1.165) is 43.0 Å². The Hall–Kier alpha value is -5.25. The molecule has 1 saturated heterocycles. The molecule has 4 aromatic rings. The van der Waals surface area contributed by atoms with Crippen molar-refractivity contribution in [1.82, 2.24) is 35.6 Å². The van der Waals surface area contributed by atoms with Crippen LogP contribution in [0.15, 0.2) is 47.5 Å². The first-order valence-corrected chi connectivity index (χ1v) is 19.5. The largest absolute Gasteiger partial charge is 0.369 e. The van der Waals surface area contributed by atoms with Crippen LogP contribution < -0.4 is 16.0 Å². The molecule has 286 valence electrons. The van der Waals surface area contributed by atoms with Gasteiger partial charge in [-0.3, -0.25) is 43.7 Å². The van der Waals surface area contributed by atoms with E-state index in [0.29, 0.717) is 47.8 Å². The van der Waals surface area contributed by atoms with Crippen LogP contribution in [0, 0.1) is 20.8 Å². The number of amides is 5. The Morgan fingerprint density at radius 3 is 2.53 bits per heavy atom. The van der Waals surface area contributed by atoms with Crippen LogP contribution in [0.5, 0.6) is 0 Å². The monoisotopic (exact) mass is 784 g/mol. The fraction of sp³-hybridized carbons (Fsp3) is 0.385. The fourth-order valence-corrected chi connectivity index (χ4v) is 8.71. The maximum atomic E-state index is 13.4. The summed E-state index contributed by atoms with van der Waals surface area (Å²) in [6.45, 7) is 6.56. The van der Waals surface area contributed by atoms with Gasteiger partial charge in [0.2, 0.25) is 23.6 Å². The second-order valence-electron chi connectivity index (χ2n) is 14.0. The second kappa shape index (κ2) is 15.8. The minimum absolute atomic E-state index is 0.0711. The molecular weight excluding hydrogens is 744 g/mol. The lowest BCUT2D eigenvalue weighted by Gasteiger charge is -2.31. The average Bonchev–Trinajstić information content (AvgIpc) is 3.73. The molecule has 55 heavy (non-hydrogen) atoms. The number of fused-ring (bicyclic) bond motifs is 4. The SMILES string of the molecule is Cc1sc2c(c1C)C(c1ccc(Cl)cc1)=N[C@@H](CC(=O)NCCCCCC(=O)NCc1cccc3c1C(=O)N(C1CCC(=O)NC1=O)C3O)c1nnc(C)n1-2. The summed E-state index contributed by atoms with van der Waals surface area (Å²) in [4.78, 5) is 70.9. The van der Waals surface area contributed by atoms with Gasteiger partial charge in [-0.05, 0) is 63.3 Å². The smallest absolute Gasteiger partial charge is 0.257 e. The van der Waals surface area contributed by atoms with Crippen molar-refractivity contribution >= 4 is 58.2 Å². The van der Waals surface area contributed by atoms with Gasteiger partial charge in [0.1, 0.15) is 22.9 Å². The molecule has 5 amide bonds. The molecule has 7 rings (SSSR count). The molecule has 3 atom stereocenters. The highest BCUT2D eigenvalue weighted by molar-refractivity contribution is 7.15. The zero-order valence-electron chi connectivity index (χ0n) is 30.6. The van der Waals surface area contributed by atoms with E-state index in [1.165, 1.54) is 0 Å². The number of hydrogen-bond acceptors (Lipinski definition) is 10. The van der Waals surface area contributed by atoms with Crippen LogP contribution in [0.1, 0.15) is 112 Å². The number of hydrogen-bond donors (Lipinski definition) is 4. The van der Waals surface area contributed by atoms with Gasteiger partial charge in [0.25, 0.3) is 5.91 Å². The Balaban J connectivity index is 0.905. The summed E-state index contributed by atoms with van der Waals surface area (Å²) in [5.74, 6) is -0.590. The second-order valence-corrected chi connectivity index (χ2v) is 15.6. The summed E-state index contributed by atoms with van der Waals surface area (Å²) >= 11 is 7.86. The van der Waals surface area contributed by atoms with Crippen LogP contribution in [0.25, 0.3) is 5.00 Å². The molecule has 5 heterocycles. The molecule has 0 radical (unpaired) electrons. The third-order valence-electron chi connectivity index (χ3n) is 10.3. The van der Waals surface area contributed by atoms with E-state index >= 15 is 0 Å². The lowest BCUT2D eigenvalue weighted by Crippen LogP contribution is -2.53. The summed E-state index contributed by atoms with van der Waals surface area (Å²) in [7, 11) is 0. The van der Waals surface area contributed by atoms with Crippen LogP contribution in [0.3, 0.4) is 0 Å². The number of carbonyl (C=O) groups excluding carboxylic acids is 5. The zero-order valence-corrected chi connectivity index (χ0v) is 32.2. The number of carbonyl (C=O) groups is 5. The molecule has 0 saturated carbocycles. The summed E-state index contributed by atoms with van der Waals surface area (Å²) in [6, 6.07) is 11.0. The van der Waals surface area contributed by atoms with Crippen molar-refractivity contribution in [3.05, 3.63) is 97.4 Å². The topological polar surface area (TPSA) is 188 Å². The molecule has 1 fully saturated rings. The fourth-order valence-electron chi connectivity index (χ4n) is 7.37. The van der Waals surface area contributed by atoms with E-state index in [1.54, 1.807) is 29.5 Å². The summed E-state index contributed by atoms with van der Waals surface area (Å²) < 4.78 is 2.01. The first kappa shape index (κ1) is 38.0. The summed E-state index contributed by atoms with van der Waals surface area (Å²) in [5.41, 5.74) is 4.93. The normalized spacial score (nSPS) is 18.9. The van der Waals surface area contributed by atoms with Gasteiger partial charge in [-0.15, -0.1) is 21.5 Å². The van der Waals surface area contributed by atoms with E-state index in [1.807, 2.05) is 35.8 Å². The molecule has 16 heteroatoms. The van der Waals surface area contributed by atoms with Crippen molar-refractivity contribution < 1.29 is 29.1 Å². The Morgan fingerprint density at radius 1 is 0.982 bits per heavy atom. The van der Waals surface area contributed by atoms with Crippen LogP contribution in [0.4, 0.5) is 0 Å². The predicted octanol–water partition coefficient (Wildman–Crippen LogP) is 4.43. The molecule has 0 spiro atoms. The molecule has 2 unspecified atom stereocenters. The van der Waals surface area contributed by atoms with Crippen molar-refractivity contribution in [2.75, 3.05) is 6.54 Å². The van der Waals surface area contributed by atoms with Gasteiger partial charge >= 0.3 is 0 Å². The van der Waals surface area contributed by atoms with E-state index < -0.39 is 36.0 Å². The number of thiophene rings is 1. The molecule has 0 aliphatic carbocycles. The van der Waals surface area contributed by atoms with E-state index in [4.69, 9.17) is 16.6 Å². The number of rotatable bonds is 12. The maximum Gasteiger partial charge on any atom is 0.257 e.